The van der Waals surface area contributed by atoms with Crippen LogP contribution in [-0.4, -0.2) is 56.5 Å². The molecule has 0 aromatic heterocycles. The minimum absolute atomic E-state index is 0. The third-order valence-electron chi connectivity index (χ3n) is 6.60. The number of nitrogens with one attached hydrogen (secondary N) is 2. The number of amidine groups is 2. The molecule has 4 rings (SSSR count). The quantitative estimate of drug-likeness (QED) is 0.201. The van der Waals surface area contributed by atoms with Crippen molar-refractivity contribution in [2.24, 2.45) is 11.5 Å². The number of likely N-dealkylation sites (tertiary alicyclic amines) is 1. The molecule has 13 heteroatoms. The van der Waals surface area contributed by atoms with Crippen LogP contribution in [0.4, 0.5) is 5.69 Å². The van der Waals surface area contributed by atoms with Crippen molar-refractivity contribution < 1.29 is 13.2 Å². The number of piperidine rings is 1. The Hall–Kier alpha value is -2.76. The van der Waals surface area contributed by atoms with Crippen molar-refractivity contribution in [3.05, 3.63) is 71.8 Å². The summed E-state index contributed by atoms with van der Waals surface area (Å²) in [5.41, 5.74) is 13.2. The summed E-state index contributed by atoms with van der Waals surface area (Å²) < 4.78 is 33.9. The standard InChI is InChI=1S/C27H34N6O3S.3ClH/c1-19(29)32-13-10-26(11-14-32)36-25-8-6-24(7-9-25)33(37(34,35)15-12-28)18-20-2-3-21-4-5-22(27(30)31)17-23(21)16-20;;;/h2-9,16-17,26,29H,10-15,18,28H2,1H3,(H3,30,31);3*1H. The normalized spacial score (nSPS) is 13.4. The molecule has 1 saturated heterocycles. The van der Waals surface area contributed by atoms with Crippen molar-refractivity contribution in [1.82, 2.24) is 4.90 Å². The van der Waals surface area contributed by atoms with Crippen LogP contribution in [0, 0.1) is 10.8 Å². The zero-order valence-electron chi connectivity index (χ0n) is 22.2. The van der Waals surface area contributed by atoms with Crippen molar-refractivity contribution in [3.63, 3.8) is 0 Å². The molecular weight excluding hydrogens is 595 g/mol. The molecule has 1 aliphatic heterocycles. The van der Waals surface area contributed by atoms with Crippen LogP contribution in [0.15, 0.2) is 60.7 Å². The second-order valence-electron chi connectivity index (χ2n) is 9.30. The SMILES string of the molecule is CC(=N)N1CCC(Oc2ccc(N(Cc3ccc4ccc(C(=N)N)cc4c3)S(=O)(=O)CCN)cc2)CC1.Cl.Cl.Cl. The average molecular weight is 632 g/mol. The first-order chi connectivity index (χ1) is 17.7. The maximum Gasteiger partial charge on any atom is 0.236 e. The van der Waals surface area contributed by atoms with Crippen LogP contribution in [0.2, 0.25) is 0 Å². The molecule has 0 saturated carbocycles. The molecule has 9 nitrogen and oxygen atoms in total. The Morgan fingerprint density at radius 3 is 2.17 bits per heavy atom. The molecule has 3 aromatic rings. The predicted molar refractivity (Wildman–Crippen MR) is 171 cm³/mol. The predicted octanol–water partition coefficient (Wildman–Crippen LogP) is 4.52. The van der Waals surface area contributed by atoms with E-state index in [1.54, 1.807) is 37.3 Å². The molecule has 0 spiro atoms. The third kappa shape index (κ3) is 8.62. The van der Waals surface area contributed by atoms with Gasteiger partial charge in [-0.2, -0.15) is 0 Å². The second-order valence-corrected chi connectivity index (χ2v) is 11.3. The van der Waals surface area contributed by atoms with Crippen LogP contribution in [0.5, 0.6) is 5.75 Å². The van der Waals surface area contributed by atoms with Gasteiger partial charge in [-0.25, -0.2) is 8.42 Å². The van der Waals surface area contributed by atoms with Gasteiger partial charge in [0.25, 0.3) is 0 Å². The summed E-state index contributed by atoms with van der Waals surface area (Å²) in [4.78, 5) is 2.04. The van der Waals surface area contributed by atoms with Gasteiger partial charge in [0.2, 0.25) is 10.0 Å². The molecule has 0 bridgehead atoms. The van der Waals surface area contributed by atoms with E-state index < -0.39 is 10.0 Å². The molecule has 0 aliphatic carbocycles. The number of benzene rings is 3. The molecule has 0 unspecified atom stereocenters. The molecule has 220 valence electrons. The van der Waals surface area contributed by atoms with E-state index in [1.807, 2.05) is 35.2 Å². The fourth-order valence-corrected chi connectivity index (χ4v) is 5.84. The largest absolute Gasteiger partial charge is 0.490 e. The summed E-state index contributed by atoms with van der Waals surface area (Å²) in [5.74, 6) is 1.08. The van der Waals surface area contributed by atoms with Gasteiger partial charge in [-0.1, -0.05) is 24.3 Å². The summed E-state index contributed by atoms with van der Waals surface area (Å²) in [5, 5.41) is 17.3. The summed E-state index contributed by atoms with van der Waals surface area (Å²) in [7, 11) is -3.67. The Morgan fingerprint density at radius 2 is 1.60 bits per heavy atom. The number of nitrogens with two attached hydrogens (primary N) is 2. The lowest BCUT2D eigenvalue weighted by Gasteiger charge is -2.33. The van der Waals surface area contributed by atoms with Crippen molar-refractivity contribution in [3.8, 4) is 5.75 Å². The van der Waals surface area contributed by atoms with Gasteiger partial charge in [-0.05, 0) is 59.7 Å². The number of ether oxygens (including phenoxy) is 1. The number of hydrogen-bond donors (Lipinski definition) is 4. The first-order valence-electron chi connectivity index (χ1n) is 12.3. The number of sulfonamides is 1. The van der Waals surface area contributed by atoms with Crippen LogP contribution in [-0.2, 0) is 16.6 Å². The minimum Gasteiger partial charge on any atom is -0.490 e. The van der Waals surface area contributed by atoms with E-state index in [1.165, 1.54) is 4.31 Å². The number of fused-ring (bicyclic) bond motifs is 1. The lowest BCUT2D eigenvalue weighted by atomic mass is 10.0. The van der Waals surface area contributed by atoms with Gasteiger partial charge in [0.1, 0.15) is 17.7 Å². The molecule has 3 aromatic carbocycles. The van der Waals surface area contributed by atoms with E-state index in [-0.39, 0.29) is 68.0 Å². The Labute approximate surface area is 254 Å². The molecule has 1 fully saturated rings. The van der Waals surface area contributed by atoms with Crippen LogP contribution < -0.4 is 20.5 Å². The van der Waals surface area contributed by atoms with E-state index in [0.29, 0.717) is 22.8 Å². The summed E-state index contributed by atoms with van der Waals surface area (Å²) in [6.07, 6.45) is 1.74. The number of nitrogen functional groups attached to an aromatic ring is 1. The van der Waals surface area contributed by atoms with Gasteiger partial charge in [-0.3, -0.25) is 15.1 Å². The Morgan fingerprint density at radius 1 is 0.975 bits per heavy atom. The van der Waals surface area contributed by atoms with Gasteiger partial charge < -0.3 is 21.1 Å². The maximum absolute atomic E-state index is 13.2. The fourth-order valence-electron chi connectivity index (χ4n) is 4.53. The van der Waals surface area contributed by atoms with Gasteiger partial charge in [0, 0.05) is 38.0 Å². The number of hydrogen-bond acceptors (Lipinski definition) is 6. The number of halogens is 3. The summed E-state index contributed by atoms with van der Waals surface area (Å²) >= 11 is 0. The molecule has 6 N–H and O–H groups in total. The van der Waals surface area contributed by atoms with Gasteiger partial charge >= 0.3 is 0 Å². The summed E-state index contributed by atoms with van der Waals surface area (Å²) in [6.45, 7) is 3.55. The van der Waals surface area contributed by atoms with E-state index in [0.717, 1.165) is 42.3 Å². The van der Waals surface area contributed by atoms with Crippen LogP contribution >= 0.6 is 37.2 Å². The second kappa shape index (κ2) is 15.3. The van der Waals surface area contributed by atoms with Crippen molar-refractivity contribution in [2.75, 3.05) is 29.7 Å². The zero-order valence-corrected chi connectivity index (χ0v) is 25.5. The molecule has 1 heterocycles. The average Bonchev–Trinajstić information content (AvgIpc) is 2.87. The lowest BCUT2D eigenvalue weighted by molar-refractivity contribution is 0.130. The molecule has 0 atom stereocenters. The maximum atomic E-state index is 13.2. The first kappa shape index (κ1) is 35.3. The fraction of sp³-hybridized carbons (Fsp3) is 0.333. The van der Waals surface area contributed by atoms with Crippen molar-refractivity contribution in [2.45, 2.75) is 32.4 Å². The topological polar surface area (TPSA) is 150 Å². The molecule has 0 amide bonds. The van der Waals surface area contributed by atoms with E-state index in [2.05, 4.69) is 0 Å². The van der Waals surface area contributed by atoms with Crippen molar-refractivity contribution >= 4 is 75.4 Å². The zero-order chi connectivity index (χ0) is 26.6. The highest BCUT2D eigenvalue weighted by molar-refractivity contribution is 7.92. The number of rotatable bonds is 9. The van der Waals surface area contributed by atoms with Gasteiger partial charge in [0.15, 0.2) is 0 Å². The highest BCUT2D eigenvalue weighted by atomic mass is 35.5. The minimum atomic E-state index is -3.67. The van der Waals surface area contributed by atoms with Gasteiger partial charge in [0.05, 0.1) is 23.8 Å². The van der Waals surface area contributed by atoms with Gasteiger partial charge in [-0.15, -0.1) is 37.2 Å². The molecular formula is C27H37Cl3N6O3S. The van der Waals surface area contributed by atoms with E-state index in [9.17, 15) is 8.42 Å². The van der Waals surface area contributed by atoms with E-state index >= 15 is 0 Å². The Kier molecular flexibility index (Phi) is 13.5. The molecule has 40 heavy (non-hydrogen) atoms. The lowest BCUT2D eigenvalue weighted by Crippen LogP contribution is -2.40. The Bertz CT molecular complexity index is 1400. The third-order valence-corrected chi connectivity index (χ3v) is 8.36. The van der Waals surface area contributed by atoms with E-state index in [4.69, 9.17) is 27.0 Å². The first-order valence-corrected chi connectivity index (χ1v) is 13.9. The summed E-state index contributed by atoms with van der Waals surface area (Å²) in [6, 6.07) is 18.4. The molecule has 1 aliphatic rings. The number of anilines is 1. The number of nitrogens with zero attached hydrogens (tertiary/aromatic N) is 2. The smallest absolute Gasteiger partial charge is 0.236 e. The highest BCUT2D eigenvalue weighted by Gasteiger charge is 2.24. The Balaban J connectivity index is 0.00000267. The van der Waals surface area contributed by atoms with Crippen LogP contribution in [0.3, 0.4) is 0 Å². The highest BCUT2D eigenvalue weighted by Crippen LogP contribution is 2.27. The van der Waals surface area contributed by atoms with Crippen LogP contribution in [0.25, 0.3) is 10.8 Å². The molecule has 0 radical (unpaired) electrons. The van der Waals surface area contributed by atoms with Crippen molar-refractivity contribution in [1.29, 1.82) is 10.8 Å². The monoisotopic (exact) mass is 630 g/mol. The van der Waals surface area contributed by atoms with Crippen LogP contribution in [0.1, 0.15) is 30.9 Å².